The molecule has 0 radical (unpaired) electrons. The Balaban J connectivity index is 3.27. The molecule has 3 nitrogen and oxygen atoms in total. The summed E-state index contributed by atoms with van der Waals surface area (Å²) < 4.78 is 1.86. The monoisotopic (exact) mass is 151 g/mol. The number of carbonyl (C=O) groups is 1. The Kier molecular flexibility index (Phi) is 1.89. The van der Waals surface area contributed by atoms with Crippen molar-refractivity contribution in [1.29, 1.82) is 0 Å². The fourth-order valence-electron chi connectivity index (χ4n) is 0.951. The topological polar surface area (TPSA) is 47.0 Å². The highest BCUT2D eigenvalue weighted by molar-refractivity contribution is 5.93. The third-order valence-corrected chi connectivity index (χ3v) is 1.76. The van der Waals surface area contributed by atoms with Gasteiger partial charge in [-0.25, -0.2) is 4.57 Å². The number of amides is 1. The molecule has 0 atom stereocenters. The molecule has 2 N–H and O–H groups in total. The molecule has 1 aromatic heterocycles. The molecule has 1 heterocycles. The Bertz CT molecular complexity index is 294. The largest absolute Gasteiger partial charge is 0.365 e. The van der Waals surface area contributed by atoms with Crippen LogP contribution in [0.1, 0.15) is 16.1 Å². The minimum Gasteiger partial charge on any atom is -0.365 e. The Morgan fingerprint density at radius 2 is 2.27 bits per heavy atom. The van der Waals surface area contributed by atoms with E-state index in [0.717, 1.165) is 5.69 Å². The smallest absolute Gasteiger partial charge is 0.255 e. The molecule has 0 fully saturated rings. The SMILES string of the molecule is Cc1c(C(N)=O)ccc[n+]1C. The predicted octanol–water partition coefficient (Wildman–Crippen LogP) is -0.0816. The van der Waals surface area contributed by atoms with Crippen LogP contribution in [0, 0.1) is 6.92 Å². The summed E-state index contributed by atoms with van der Waals surface area (Å²) in [6.07, 6.45) is 1.88. The molecule has 0 bridgehead atoms. The number of hydrogen-bond donors (Lipinski definition) is 1. The van der Waals surface area contributed by atoms with Crippen LogP contribution >= 0.6 is 0 Å². The van der Waals surface area contributed by atoms with Crippen LogP contribution in [0.4, 0.5) is 0 Å². The minimum atomic E-state index is -0.376. The normalized spacial score (nSPS) is 9.64. The molecule has 0 aliphatic carbocycles. The average molecular weight is 151 g/mol. The molecule has 0 unspecified atom stereocenters. The van der Waals surface area contributed by atoms with E-state index < -0.39 is 0 Å². The van der Waals surface area contributed by atoms with Gasteiger partial charge in [-0.15, -0.1) is 0 Å². The fourth-order valence-corrected chi connectivity index (χ4v) is 0.951. The first-order valence-corrected chi connectivity index (χ1v) is 3.38. The van der Waals surface area contributed by atoms with Gasteiger partial charge in [-0.2, -0.15) is 0 Å². The maximum atomic E-state index is 10.8. The summed E-state index contributed by atoms with van der Waals surface area (Å²) >= 11 is 0. The van der Waals surface area contributed by atoms with Gasteiger partial charge in [-0.05, 0) is 6.07 Å². The Morgan fingerprint density at radius 1 is 1.64 bits per heavy atom. The highest BCUT2D eigenvalue weighted by atomic mass is 16.1. The molecule has 0 aromatic carbocycles. The zero-order valence-electron chi connectivity index (χ0n) is 6.66. The Morgan fingerprint density at radius 3 is 2.73 bits per heavy atom. The van der Waals surface area contributed by atoms with Crippen LogP contribution in [-0.4, -0.2) is 5.91 Å². The van der Waals surface area contributed by atoms with Crippen LogP contribution in [0.3, 0.4) is 0 Å². The summed E-state index contributed by atoms with van der Waals surface area (Å²) in [4.78, 5) is 10.8. The van der Waals surface area contributed by atoms with E-state index >= 15 is 0 Å². The third-order valence-electron chi connectivity index (χ3n) is 1.76. The van der Waals surface area contributed by atoms with Gasteiger partial charge in [0.15, 0.2) is 11.9 Å². The molecule has 0 aliphatic rings. The van der Waals surface area contributed by atoms with Crippen molar-refractivity contribution in [2.75, 3.05) is 0 Å². The van der Waals surface area contributed by atoms with Crippen LogP contribution in [-0.2, 0) is 7.05 Å². The number of carbonyl (C=O) groups excluding carboxylic acids is 1. The van der Waals surface area contributed by atoms with Crippen molar-refractivity contribution in [3.05, 3.63) is 29.6 Å². The van der Waals surface area contributed by atoms with Gasteiger partial charge in [0, 0.05) is 13.0 Å². The van der Waals surface area contributed by atoms with Crippen molar-refractivity contribution in [2.45, 2.75) is 6.92 Å². The second-order valence-electron chi connectivity index (χ2n) is 2.48. The number of primary amides is 1. The lowest BCUT2D eigenvalue weighted by molar-refractivity contribution is -0.677. The number of rotatable bonds is 1. The van der Waals surface area contributed by atoms with E-state index in [1.165, 1.54) is 0 Å². The first-order chi connectivity index (χ1) is 5.13. The highest BCUT2D eigenvalue weighted by Gasteiger charge is 2.10. The first-order valence-electron chi connectivity index (χ1n) is 3.38. The van der Waals surface area contributed by atoms with Crippen LogP contribution in [0.25, 0.3) is 0 Å². The zero-order chi connectivity index (χ0) is 8.43. The molecule has 1 amide bonds. The Hall–Kier alpha value is -1.38. The molecule has 0 saturated carbocycles. The number of nitrogens with two attached hydrogens (primary N) is 1. The number of nitrogens with zero attached hydrogens (tertiary/aromatic N) is 1. The van der Waals surface area contributed by atoms with Crippen molar-refractivity contribution in [3.8, 4) is 0 Å². The number of aromatic nitrogens is 1. The molecule has 1 aromatic rings. The van der Waals surface area contributed by atoms with Crippen LogP contribution < -0.4 is 10.3 Å². The molecule has 0 saturated heterocycles. The van der Waals surface area contributed by atoms with Gasteiger partial charge >= 0.3 is 0 Å². The van der Waals surface area contributed by atoms with Gasteiger partial charge < -0.3 is 5.73 Å². The molecule has 11 heavy (non-hydrogen) atoms. The summed E-state index contributed by atoms with van der Waals surface area (Å²) in [6, 6.07) is 3.52. The van der Waals surface area contributed by atoms with Gasteiger partial charge in [0.05, 0.1) is 0 Å². The second kappa shape index (κ2) is 2.70. The lowest BCUT2D eigenvalue weighted by Gasteiger charge is -1.97. The lowest BCUT2D eigenvalue weighted by atomic mass is 10.2. The van der Waals surface area contributed by atoms with E-state index in [2.05, 4.69) is 0 Å². The fraction of sp³-hybridized carbons (Fsp3) is 0.250. The summed E-state index contributed by atoms with van der Waals surface area (Å²) in [5, 5.41) is 0. The third kappa shape index (κ3) is 1.37. The Labute approximate surface area is 65.5 Å². The van der Waals surface area contributed by atoms with Crippen LogP contribution in [0.15, 0.2) is 18.3 Å². The van der Waals surface area contributed by atoms with E-state index in [-0.39, 0.29) is 5.91 Å². The second-order valence-corrected chi connectivity index (χ2v) is 2.48. The molecular weight excluding hydrogens is 140 g/mol. The predicted molar refractivity (Wildman–Crippen MR) is 40.9 cm³/mol. The van der Waals surface area contributed by atoms with Crippen molar-refractivity contribution in [1.82, 2.24) is 0 Å². The van der Waals surface area contributed by atoms with Crippen LogP contribution in [0.5, 0.6) is 0 Å². The van der Waals surface area contributed by atoms with Crippen molar-refractivity contribution in [2.24, 2.45) is 12.8 Å². The van der Waals surface area contributed by atoms with Gasteiger partial charge in [0.2, 0.25) is 0 Å². The van der Waals surface area contributed by atoms with Crippen molar-refractivity contribution in [3.63, 3.8) is 0 Å². The molecule has 58 valence electrons. The molecule has 0 spiro atoms. The zero-order valence-corrected chi connectivity index (χ0v) is 6.66. The van der Waals surface area contributed by atoms with Gasteiger partial charge in [0.1, 0.15) is 12.6 Å². The quantitative estimate of drug-likeness (QED) is 0.560. The highest BCUT2D eigenvalue weighted by Crippen LogP contribution is 1.98. The maximum Gasteiger partial charge on any atom is 0.255 e. The number of hydrogen-bond acceptors (Lipinski definition) is 1. The molecule has 3 heteroatoms. The minimum absolute atomic E-state index is 0.376. The van der Waals surface area contributed by atoms with Crippen molar-refractivity contribution < 1.29 is 9.36 Å². The van der Waals surface area contributed by atoms with Crippen molar-refractivity contribution >= 4 is 5.91 Å². The first kappa shape index (κ1) is 7.72. The lowest BCUT2D eigenvalue weighted by Crippen LogP contribution is -2.34. The average Bonchev–Trinajstić information content (AvgIpc) is 1.94. The number of aryl methyl sites for hydroxylation is 1. The van der Waals surface area contributed by atoms with E-state index in [1.54, 1.807) is 12.1 Å². The van der Waals surface area contributed by atoms with E-state index in [4.69, 9.17) is 5.73 Å². The summed E-state index contributed by atoms with van der Waals surface area (Å²) in [5.74, 6) is -0.376. The van der Waals surface area contributed by atoms with Crippen LogP contribution in [0.2, 0.25) is 0 Å². The van der Waals surface area contributed by atoms with E-state index in [1.807, 2.05) is 24.7 Å². The summed E-state index contributed by atoms with van der Waals surface area (Å²) in [5.41, 5.74) is 6.60. The van der Waals surface area contributed by atoms with E-state index in [0.29, 0.717) is 5.56 Å². The summed E-state index contributed by atoms with van der Waals surface area (Å²) in [6.45, 7) is 1.86. The summed E-state index contributed by atoms with van der Waals surface area (Å²) in [7, 11) is 1.88. The maximum absolute atomic E-state index is 10.8. The molecular formula is C8H11N2O+. The van der Waals surface area contributed by atoms with Gasteiger partial charge in [-0.3, -0.25) is 4.79 Å². The van der Waals surface area contributed by atoms with Gasteiger partial charge in [-0.1, -0.05) is 0 Å². The number of pyridine rings is 1. The molecule has 0 aliphatic heterocycles. The molecule has 1 rings (SSSR count). The van der Waals surface area contributed by atoms with E-state index in [9.17, 15) is 4.79 Å². The standard InChI is InChI=1S/C8H10N2O/c1-6-7(8(9)11)4-3-5-10(6)2/h3-5H,1-2H3,(H-,9,11)/p+1. The van der Waals surface area contributed by atoms with Gasteiger partial charge in [0.25, 0.3) is 5.91 Å².